The van der Waals surface area contributed by atoms with Gasteiger partial charge in [0.1, 0.15) is 10.7 Å². The van der Waals surface area contributed by atoms with Crippen molar-refractivity contribution in [2.75, 3.05) is 5.32 Å². The highest BCUT2D eigenvalue weighted by molar-refractivity contribution is 9.10. The van der Waals surface area contributed by atoms with Gasteiger partial charge in [0.25, 0.3) is 5.91 Å². The number of hydrogen-bond acceptors (Lipinski definition) is 5. The SMILES string of the molecule is Cc1nnc(NC(=O)c2ccc(Br)cn2)s1. The summed E-state index contributed by atoms with van der Waals surface area (Å²) in [6.45, 7) is 1.82. The highest BCUT2D eigenvalue weighted by atomic mass is 79.9. The lowest BCUT2D eigenvalue weighted by Gasteiger charge is -1.99. The first kappa shape index (κ1) is 11.2. The van der Waals surface area contributed by atoms with Gasteiger partial charge in [-0.05, 0) is 35.0 Å². The summed E-state index contributed by atoms with van der Waals surface area (Å²) >= 11 is 4.57. The van der Waals surface area contributed by atoms with Gasteiger partial charge in [-0.1, -0.05) is 11.3 Å². The number of aromatic nitrogens is 3. The summed E-state index contributed by atoms with van der Waals surface area (Å²) in [5, 5.41) is 11.5. The molecule has 2 heterocycles. The van der Waals surface area contributed by atoms with Crippen LogP contribution in [0.2, 0.25) is 0 Å². The molecule has 2 rings (SSSR count). The normalized spacial score (nSPS) is 10.1. The fraction of sp³-hybridized carbons (Fsp3) is 0.111. The van der Waals surface area contributed by atoms with Crippen molar-refractivity contribution in [2.24, 2.45) is 0 Å². The van der Waals surface area contributed by atoms with E-state index in [0.29, 0.717) is 10.8 Å². The van der Waals surface area contributed by atoms with Gasteiger partial charge in [-0.3, -0.25) is 10.1 Å². The average molecular weight is 299 g/mol. The lowest BCUT2D eigenvalue weighted by molar-refractivity contribution is 0.102. The number of carbonyl (C=O) groups excluding carboxylic acids is 1. The minimum Gasteiger partial charge on any atom is -0.295 e. The molecule has 0 aliphatic carbocycles. The monoisotopic (exact) mass is 298 g/mol. The molecule has 7 heteroatoms. The Bertz CT molecular complexity index is 510. The Kier molecular flexibility index (Phi) is 3.25. The van der Waals surface area contributed by atoms with Crippen LogP contribution in [0.5, 0.6) is 0 Å². The van der Waals surface area contributed by atoms with Crippen LogP contribution in [0.15, 0.2) is 22.8 Å². The molecule has 0 aromatic carbocycles. The van der Waals surface area contributed by atoms with Crippen molar-refractivity contribution in [1.82, 2.24) is 15.2 Å². The second kappa shape index (κ2) is 4.67. The molecule has 2 aromatic rings. The van der Waals surface area contributed by atoms with Gasteiger partial charge < -0.3 is 0 Å². The van der Waals surface area contributed by atoms with Crippen molar-refractivity contribution in [1.29, 1.82) is 0 Å². The second-order valence-corrected chi connectivity index (χ2v) is 5.04. The van der Waals surface area contributed by atoms with Crippen molar-refractivity contribution in [3.05, 3.63) is 33.5 Å². The maximum atomic E-state index is 11.7. The van der Waals surface area contributed by atoms with E-state index in [0.717, 1.165) is 9.48 Å². The summed E-state index contributed by atoms with van der Waals surface area (Å²) in [6, 6.07) is 3.39. The number of aryl methyl sites for hydroxylation is 1. The minimum atomic E-state index is -0.288. The topological polar surface area (TPSA) is 67.8 Å². The van der Waals surface area contributed by atoms with Crippen LogP contribution in [-0.2, 0) is 0 Å². The lowest BCUT2D eigenvalue weighted by atomic mass is 10.3. The summed E-state index contributed by atoms with van der Waals surface area (Å²) < 4.78 is 0.829. The Morgan fingerprint density at radius 3 is 2.81 bits per heavy atom. The van der Waals surface area contributed by atoms with E-state index in [1.807, 2.05) is 6.92 Å². The zero-order valence-corrected chi connectivity index (χ0v) is 10.7. The minimum absolute atomic E-state index is 0.288. The molecule has 5 nitrogen and oxygen atoms in total. The van der Waals surface area contributed by atoms with Gasteiger partial charge in [-0.15, -0.1) is 10.2 Å². The number of hydrogen-bond donors (Lipinski definition) is 1. The van der Waals surface area contributed by atoms with E-state index in [9.17, 15) is 4.79 Å². The third-order valence-electron chi connectivity index (χ3n) is 1.71. The highest BCUT2D eigenvalue weighted by Gasteiger charge is 2.09. The Morgan fingerprint density at radius 1 is 1.44 bits per heavy atom. The number of carbonyl (C=O) groups is 1. The first-order chi connectivity index (χ1) is 7.65. The van der Waals surface area contributed by atoms with Gasteiger partial charge in [-0.25, -0.2) is 4.98 Å². The summed E-state index contributed by atoms with van der Waals surface area (Å²) in [5.74, 6) is -0.288. The van der Waals surface area contributed by atoms with Crippen LogP contribution >= 0.6 is 27.3 Å². The molecule has 2 aromatic heterocycles. The van der Waals surface area contributed by atoms with E-state index in [-0.39, 0.29) is 5.91 Å². The van der Waals surface area contributed by atoms with Gasteiger partial charge >= 0.3 is 0 Å². The molecule has 1 amide bonds. The fourth-order valence-corrected chi connectivity index (χ4v) is 1.84. The molecule has 16 heavy (non-hydrogen) atoms. The van der Waals surface area contributed by atoms with E-state index in [1.165, 1.54) is 11.3 Å². The predicted molar refractivity (Wildman–Crippen MR) is 64.5 cm³/mol. The number of amides is 1. The Morgan fingerprint density at radius 2 is 2.25 bits per heavy atom. The zero-order valence-electron chi connectivity index (χ0n) is 8.27. The van der Waals surface area contributed by atoms with Crippen LogP contribution in [-0.4, -0.2) is 21.1 Å². The van der Waals surface area contributed by atoms with Crippen molar-refractivity contribution in [3.8, 4) is 0 Å². The van der Waals surface area contributed by atoms with Crippen LogP contribution in [0.3, 0.4) is 0 Å². The largest absolute Gasteiger partial charge is 0.295 e. The molecule has 0 spiro atoms. The maximum absolute atomic E-state index is 11.7. The van der Waals surface area contributed by atoms with Crippen molar-refractivity contribution >= 4 is 38.3 Å². The molecule has 1 N–H and O–H groups in total. The van der Waals surface area contributed by atoms with E-state index < -0.39 is 0 Å². The molecular weight excluding hydrogens is 292 g/mol. The molecule has 0 saturated heterocycles. The van der Waals surface area contributed by atoms with Gasteiger partial charge in [0.05, 0.1) is 0 Å². The van der Waals surface area contributed by atoms with Gasteiger partial charge in [-0.2, -0.15) is 0 Å². The maximum Gasteiger partial charge on any atom is 0.276 e. The summed E-state index contributed by atoms with van der Waals surface area (Å²) in [4.78, 5) is 15.7. The van der Waals surface area contributed by atoms with Crippen molar-refractivity contribution in [3.63, 3.8) is 0 Å². The van der Waals surface area contributed by atoms with Crippen LogP contribution in [0.25, 0.3) is 0 Å². The number of nitrogens with one attached hydrogen (secondary N) is 1. The Hall–Kier alpha value is -1.34. The molecule has 0 fully saturated rings. The van der Waals surface area contributed by atoms with E-state index in [2.05, 4.69) is 36.4 Å². The smallest absolute Gasteiger partial charge is 0.276 e. The number of anilines is 1. The first-order valence-corrected chi connectivity index (χ1v) is 5.99. The van der Waals surface area contributed by atoms with E-state index >= 15 is 0 Å². The van der Waals surface area contributed by atoms with Crippen LogP contribution < -0.4 is 5.32 Å². The van der Waals surface area contributed by atoms with Crippen LogP contribution in [0.4, 0.5) is 5.13 Å². The molecule has 0 unspecified atom stereocenters. The number of halogens is 1. The average Bonchev–Trinajstić information content (AvgIpc) is 2.65. The summed E-state index contributed by atoms with van der Waals surface area (Å²) in [5.41, 5.74) is 0.344. The summed E-state index contributed by atoms with van der Waals surface area (Å²) in [6.07, 6.45) is 1.57. The third kappa shape index (κ3) is 2.61. The molecule has 82 valence electrons. The highest BCUT2D eigenvalue weighted by Crippen LogP contribution is 2.15. The molecule has 0 radical (unpaired) electrons. The van der Waals surface area contributed by atoms with Gasteiger partial charge in [0.2, 0.25) is 5.13 Å². The van der Waals surface area contributed by atoms with Gasteiger partial charge in [0, 0.05) is 10.7 Å². The molecule has 0 aliphatic heterocycles. The number of rotatable bonds is 2. The number of pyridine rings is 1. The molecule has 0 aliphatic rings. The number of nitrogens with zero attached hydrogens (tertiary/aromatic N) is 3. The second-order valence-electron chi connectivity index (χ2n) is 2.94. The van der Waals surface area contributed by atoms with Gasteiger partial charge in [0.15, 0.2) is 0 Å². The Labute approximate surface area is 104 Å². The first-order valence-electron chi connectivity index (χ1n) is 4.38. The quantitative estimate of drug-likeness (QED) is 0.923. The van der Waals surface area contributed by atoms with Crippen LogP contribution in [0.1, 0.15) is 15.5 Å². The van der Waals surface area contributed by atoms with Crippen molar-refractivity contribution < 1.29 is 4.79 Å². The predicted octanol–water partition coefficient (Wildman–Crippen LogP) is 2.26. The van der Waals surface area contributed by atoms with E-state index in [4.69, 9.17) is 0 Å². The fourth-order valence-electron chi connectivity index (χ4n) is 1.02. The third-order valence-corrected chi connectivity index (χ3v) is 2.93. The summed E-state index contributed by atoms with van der Waals surface area (Å²) in [7, 11) is 0. The standard InChI is InChI=1S/C9H7BrN4OS/c1-5-13-14-9(16-5)12-8(15)7-3-2-6(10)4-11-7/h2-4H,1H3,(H,12,14,15). The molecule has 0 bridgehead atoms. The Balaban J connectivity index is 2.11. The van der Waals surface area contributed by atoms with Crippen molar-refractivity contribution in [2.45, 2.75) is 6.92 Å². The van der Waals surface area contributed by atoms with E-state index in [1.54, 1.807) is 18.3 Å². The van der Waals surface area contributed by atoms with Crippen LogP contribution in [0, 0.1) is 6.92 Å². The molecule has 0 atom stereocenters. The lowest BCUT2D eigenvalue weighted by Crippen LogP contribution is -2.13. The molecule has 0 saturated carbocycles. The zero-order chi connectivity index (χ0) is 11.5. The molecular formula is C9H7BrN4OS.